The minimum atomic E-state index is 0.623. The molecule has 0 aromatic carbocycles. The molecule has 1 aliphatic heterocycles. The summed E-state index contributed by atoms with van der Waals surface area (Å²) in [4.78, 5) is 2.30. The Morgan fingerprint density at radius 3 is 2.67 bits per heavy atom. The van der Waals surface area contributed by atoms with Crippen LogP contribution in [0.1, 0.15) is 13.8 Å². The van der Waals surface area contributed by atoms with E-state index in [0.717, 1.165) is 18.5 Å². The van der Waals surface area contributed by atoms with Gasteiger partial charge in [0.1, 0.15) is 6.73 Å². The molecule has 0 atom stereocenters. The van der Waals surface area contributed by atoms with Gasteiger partial charge in [-0.3, -0.25) is 4.90 Å². The molecule has 9 heavy (non-hydrogen) atoms. The molecule has 2 nitrogen and oxygen atoms in total. The van der Waals surface area contributed by atoms with Crippen molar-refractivity contribution in [1.82, 2.24) is 4.90 Å². The first-order valence-corrected chi connectivity index (χ1v) is 4.35. The van der Waals surface area contributed by atoms with E-state index in [1.165, 1.54) is 0 Å². The van der Waals surface area contributed by atoms with E-state index in [1.54, 1.807) is 0 Å². The van der Waals surface area contributed by atoms with Gasteiger partial charge in [0.05, 0.1) is 5.94 Å². The molecule has 0 unspecified atom stereocenters. The Labute approximate surface area is 60.6 Å². The van der Waals surface area contributed by atoms with E-state index in [2.05, 4.69) is 18.7 Å². The molecule has 0 aliphatic carbocycles. The van der Waals surface area contributed by atoms with Crippen molar-refractivity contribution in [2.75, 3.05) is 18.5 Å². The van der Waals surface area contributed by atoms with Crippen LogP contribution in [-0.4, -0.2) is 29.5 Å². The van der Waals surface area contributed by atoms with E-state index in [1.807, 2.05) is 11.8 Å². The zero-order valence-corrected chi connectivity index (χ0v) is 6.78. The Hall–Kier alpha value is 0.270. The third kappa shape index (κ3) is 2.16. The van der Waals surface area contributed by atoms with Crippen LogP contribution in [0.25, 0.3) is 0 Å². The highest BCUT2D eigenvalue weighted by Gasteiger charge is 2.12. The van der Waals surface area contributed by atoms with E-state index in [4.69, 9.17) is 4.74 Å². The molecule has 0 radical (unpaired) electrons. The second-order valence-corrected chi connectivity index (χ2v) is 3.37. The molecule has 1 fully saturated rings. The van der Waals surface area contributed by atoms with Crippen molar-refractivity contribution in [3.8, 4) is 0 Å². The zero-order valence-electron chi connectivity index (χ0n) is 5.96. The van der Waals surface area contributed by atoms with Gasteiger partial charge in [0.15, 0.2) is 0 Å². The Kier molecular flexibility index (Phi) is 2.82. The van der Waals surface area contributed by atoms with Gasteiger partial charge in [-0.05, 0) is 13.8 Å². The summed E-state index contributed by atoms with van der Waals surface area (Å²) in [5, 5.41) is 0. The third-order valence-electron chi connectivity index (χ3n) is 1.41. The fourth-order valence-corrected chi connectivity index (χ4v) is 1.58. The van der Waals surface area contributed by atoms with Gasteiger partial charge >= 0.3 is 0 Å². The Balaban J connectivity index is 2.23. The highest BCUT2D eigenvalue weighted by atomic mass is 32.2. The monoisotopic (exact) mass is 147 g/mol. The quantitative estimate of drug-likeness (QED) is 0.555. The molecule has 1 aliphatic rings. The predicted molar refractivity (Wildman–Crippen MR) is 40.3 cm³/mol. The summed E-state index contributed by atoms with van der Waals surface area (Å²) in [6.07, 6.45) is 0. The largest absolute Gasteiger partial charge is 0.355 e. The van der Waals surface area contributed by atoms with E-state index in [9.17, 15) is 0 Å². The topological polar surface area (TPSA) is 12.5 Å². The number of nitrogens with zero attached hydrogens (tertiary/aromatic N) is 1. The third-order valence-corrected chi connectivity index (χ3v) is 2.26. The van der Waals surface area contributed by atoms with Crippen LogP contribution in [0.4, 0.5) is 0 Å². The van der Waals surface area contributed by atoms with Gasteiger partial charge < -0.3 is 4.74 Å². The Morgan fingerprint density at radius 2 is 2.33 bits per heavy atom. The highest BCUT2D eigenvalue weighted by molar-refractivity contribution is 7.99. The minimum absolute atomic E-state index is 0.623. The van der Waals surface area contributed by atoms with Gasteiger partial charge in [0, 0.05) is 11.9 Å². The second-order valence-electron chi connectivity index (χ2n) is 2.47. The molecule has 0 N–H and O–H groups in total. The van der Waals surface area contributed by atoms with Crippen molar-refractivity contribution >= 4 is 11.8 Å². The standard InChI is InChI=1S/C6H13NOS/c1-6(2)7-3-8-5-9-4-7/h6H,3-5H2,1-2H3. The number of ether oxygens (including phenoxy) is 1. The SMILES string of the molecule is CC(C)N1COCSC1. The summed E-state index contributed by atoms with van der Waals surface area (Å²) >= 11 is 1.84. The molecule has 54 valence electrons. The van der Waals surface area contributed by atoms with E-state index < -0.39 is 0 Å². The van der Waals surface area contributed by atoms with Crippen LogP contribution >= 0.6 is 11.8 Å². The average Bonchev–Trinajstić information content (AvgIpc) is 1.90. The van der Waals surface area contributed by atoms with Gasteiger partial charge in [-0.2, -0.15) is 0 Å². The van der Waals surface area contributed by atoms with E-state index in [-0.39, 0.29) is 0 Å². The predicted octanol–water partition coefficient (Wildman–Crippen LogP) is 1.33. The van der Waals surface area contributed by atoms with Crippen molar-refractivity contribution in [3.63, 3.8) is 0 Å². The summed E-state index contributed by atoms with van der Waals surface area (Å²) in [6, 6.07) is 0.623. The zero-order chi connectivity index (χ0) is 6.69. The molecule has 3 heteroatoms. The van der Waals surface area contributed by atoms with E-state index in [0.29, 0.717) is 6.04 Å². The molecule has 1 saturated heterocycles. The lowest BCUT2D eigenvalue weighted by molar-refractivity contribution is 0.0376. The van der Waals surface area contributed by atoms with Gasteiger partial charge in [0.2, 0.25) is 0 Å². The Morgan fingerprint density at radius 1 is 1.56 bits per heavy atom. The van der Waals surface area contributed by atoms with Crippen LogP contribution in [0.3, 0.4) is 0 Å². The minimum Gasteiger partial charge on any atom is -0.355 e. The van der Waals surface area contributed by atoms with Crippen molar-refractivity contribution in [3.05, 3.63) is 0 Å². The summed E-state index contributed by atoms with van der Waals surface area (Å²) in [6.45, 7) is 5.19. The van der Waals surface area contributed by atoms with Crippen LogP contribution in [0.2, 0.25) is 0 Å². The van der Waals surface area contributed by atoms with Crippen LogP contribution in [-0.2, 0) is 4.74 Å². The fourth-order valence-electron chi connectivity index (χ4n) is 0.703. The first-order chi connectivity index (χ1) is 4.30. The average molecular weight is 147 g/mol. The number of thioether (sulfide) groups is 1. The van der Waals surface area contributed by atoms with Gasteiger partial charge in [-0.15, -0.1) is 11.8 Å². The Bertz CT molecular complexity index is 81.1. The molecule has 1 rings (SSSR count). The molecule has 1 heterocycles. The highest BCUT2D eigenvalue weighted by Crippen LogP contribution is 2.13. The fraction of sp³-hybridized carbons (Fsp3) is 1.00. The molecule has 0 aromatic heterocycles. The molecule has 0 spiro atoms. The molecule has 0 bridgehead atoms. The maximum atomic E-state index is 5.23. The van der Waals surface area contributed by atoms with Gasteiger partial charge in [0.25, 0.3) is 0 Å². The first-order valence-electron chi connectivity index (χ1n) is 3.20. The summed E-state index contributed by atoms with van der Waals surface area (Å²) in [5.41, 5.74) is 0. The summed E-state index contributed by atoms with van der Waals surface area (Å²) < 4.78 is 5.23. The van der Waals surface area contributed by atoms with Crippen LogP contribution < -0.4 is 0 Å². The van der Waals surface area contributed by atoms with Crippen molar-refractivity contribution in [2.24, 2.45) is 0 Å². The van der Waals surface area contributed by atoms with Crippen molar-refractivity contribution in [2.45, 2.75) is 19.9 Å². The lowest BCUT2D eigenvalue weighted by atomic mass is 10.4. The first kappa shape index (κ1) is 7.38. The molecular formula is C6H13NOS. The van der Waals surface area contributed by atoms with Crippen LogP contribution in [0.15, 0.2) is 0 Å². The normalized spacial score (nSPS) is 23.0. The maximum absolute atomic E-state index is 5.23. The molecular weight excluding hydrogens is 134 g/mol. The smallest absolute Gasteiger partial charge is 0.101 e. The van der Waals surface area contributed by atoms with Crippen molar-refractivity contribution < 1.29 is 4.74 Å². The number of hydrogen-bond donors (Lipinski definition) is 0. The lowest BCUT2D eigenvalue weighted by Crippen LogP contribution is -2.35. The van der Waals surface area contributed by atoms with Crippen LogP contribution in [0.5, 0.6) is 0 Å². The lowest BCUT2D eigenvalue weighted by Gasteiger charge is -2.29. The van der Waals surface area contributed by atoms with Gasteiger partial charge in [-0.1, -0.05) is 0 Å². The number of rotatable bonds is 1. The number of hydrogen-bond acceptors (Lipinski definition) is 3. The molecule has 0 aromatic rings. The van der Waals surface area contributed by atoms with Crippen LogP contribution in [0, 0.1) is 0 Å². The van der Waals surface area contributed by atoms with Crippen molar-refractivity contribution in [1.29, 1.82) is 0 Å². The molecule has 0 amide bonds. The second kappa shape index (κ2) is 3.44. The maximum Gasteiger partial charge on any atom is 0.101 e. The van der Waals surface area contributed by atoms with E-state index >= 15 is 0 Å². The molecule has 0 saturated carbocycles. The van der Waals surface area contributed by atoms with Gasteiger partial charge in [-0.25, -0.2) is 0 Å². The summed E-state index contributed by atoms with van der Waals surface area (Å²) in [7, 11) is 0. The summed E-state index contributed by atoms with van der Waals surface area (Å²) in [5.74, 6) is 1.99.